The van der Waals surface area contributed by atoms with Gasteiger partial charge >= 0.3 is 0 Å². The summed E-state index contributed by atoms with van der Waals surface area (Å²) in [6, 6.07) is 5.27. The van der Waals surface area contributed by atoms with Crippen LogP contribution < -0.4 is 5.32 Å². The Bertz CT molecular complexity index is 499. The number of hydrogen-bond acceptors (Lipinski definition) is 4. The lowest BCUT2D eigenvalue weighted by molar-refractivity contribution is 0.490. The van der Waals surface area contributed by atoms with E-state index in [4.69, 9.17) is 27.6 Å². The molecule has 2 aromatic rings. The van der Waals surface area contributed by atoms with Crippen molar-refractivity contribution in [3.8, 4) is 11.5 Å². The van der Waals surface area contributed by atoms with Crippen molar-refractivity contribution in [3.63, 3.8) is 0 Å². The molecule has 0 amide bonds. The van der Waals surface area contributed by atoms with E-state index in [-0.39, 0.29) is 0 Å². The van der Waals surface area contributed by atoms with E-state index in [1.165, 1.54) is 0 Å². The highest BCUT2D eigenvalue weighted by molar-refractivity contribution is 6.43. The molecular formula is C10H9Cl2N3O. The predicted octanol–water partition coefficient (Wildman–Crippen LogP) is 2.76. The van der Waals surface area contributed by atoms with Crippen LogP contribution in [-0.4, -0.2) is 17.2 Å². The van der Waals surface area contributed by atoms with E-state index in [2.05, 4.69) is 15.5 Å². The van der Waals surface area contributed by atoms with Crippen LogP contribution in [0, 0.1) is 0 Å². The fourth-order valence-corrected chi connectivity index (χ4v) is 1.64. The van der Waals surface area contributed by atoms with Gasteiger partial charge in [-0.15, -0.1) is 10.2 Å². The molecule has 0 fully saturated rings. The van der Waals surface area contributed by atoms with Crippen molar-refractivity contribution >= 4 is 23.2 Å². The minimum Gasteiger partial charge on any atom is -0.419 e. The Balaban J connectivity index is 2.39. The van der Waals surface area contributed by atoms with Gasteiger partial charge in [-0.25, -0.2) is 0 Å². The first-order valence-electron chi connectivity index (χ1n) is 4.63. The molecule has 4 nitrogen and oxygen atoms in total. The maximum atomic E-state index is 6.04. The molecule has 0 aliphatic heterocycles. The van der Waals surface area contributed by atoms with Gasteiger partial charge in [0.15, 0.2) is 0 Å². The Hall–Kier alpha value is -1.10. The van der Waals surface area contributed by atoms with Crippen LogP contribution in [0.5, 0.6) is 0 Å². The Morgan fingerprint density at radius 2 is 2.12 bits per heavy atom. The number of nitrogens with zero attached hydrogens (tertiary/aromatic N) is 2. The van der Waals surface area contributed by atoms with Gasteiger partial charge in [0.05, 0.1) is 22.2 Å². The van der Waals surface area contributed by atoms with Gasteiger partial charge in [0.25, 0.3) is 0 Å². The fourth-order valence-electron chi connectivity index (χ4n) is 1.25. The van der Waals surface area contributed by atoms with Crippen LogP contribution in [-0.2, 0) is 6.54 Å². The van der Waals surface area contributed by atoms with Crippen LogP contribution in [0.25, 0.3) is 11.5 Å². The summed E-state index contributed by atoms with van der Waals surface area (Å²) in [4.78, 5) is 0. The number of halogens is 2. The van der Waals surface area contributed by atoms with Crippen molar-refractivity contribution in [3.05, 3.63) is 34.1 Å². The van der Waals surface area contributed by atoms with Crippen LogP contribution in [0.3, 0.4) is 0 Å². The Morgan fingerprint density at radius 3 is 2.88 bits per heavy atom. The lowest BCUT2D eigenvalue weighted by Gasteiger charge is -1.99. The molecule has 0 radical (unpaired) electrons. The molecule has 1 heterocycles. The summed E-state index contributed by atoms with van der Waals surface area (Å²) in [6.45, 7) is 0.519. The number of benzene rings is 1. The average Bonchev–Trinajstić information content (AvgIpc) is 2.71. The predicted molar refractivity (Wildman–Crippen MR) is 62.5 cm³/mol. The van der Waals surface area contributed by atoms with Gasteiger partial charge in [-0.1, -0.05) is 29.3 Å². The summed E-state index contributed by atoms with van der Waals surface area (Å²) in [5.41, 5.74) is 0.643. The largest absolute Gasteiger partial charge is 0.419 e. The Labute approximate surface area is 103 Å². The summed E-state index contributed by atoms with van der Waals surface area (Å²) >= 11 is 11.9. The third kappa shape index (κ3) is 2.19. The van der Waals surface area contributed by atoms with Crippen molar-refractivity contribution < 1.29 is 4.42 Å². The topological polar surface area (TPSA) is 51.0 Å². The lowest BCUT2D eigenvalue weighted by Crippen LogP contribution is -2.04. The van der Waals surface area contributed by atoms with Crippen molar-refractivity contribution in [2.45, 2.75) is 6.54 Å². The average molecular weight is 258 g/mol. The van der Waals surface area contributed by atoms with Gasteiger partial charge < -0.3 is 9.73 Å². The minimum absolute atomic E-state index is 0.373. The summed E-state index contributed by atoms with van der Waals surface area (Å²) in [6.07, 6.45) is 0. The number of aromatic nitrogens is 2. The molecule has 1 aromatic carbocycles. The molecule has 0 spiro atoms. The number of rotatable bonds is 3. The van der Waals surface area contributed by atoms with Gasteiger partial charge in [0, 0.05) is 0 Å². The van der Waals surface area contributed by atoms with Crippen LogP contribution >= 0.6 is 23.2 Å². The maximum absolute atomic E-state index is 6.04. The van der Waals surface area contributed by atoms with Gasteiger partial charge in [-0.2, -0.15) is 0 Å². The van der Waals surface area contributed by atoms with Crippen molar-refractivity contribution in [2.24, 2.45) is 0 Å². The van der Waals surface area contributed by atoms with E-state index in [9.17, 15) is 0 Å². The zero-order valence-electron chi connectivity index (χ0n) is 8.50. The maximum Gasteiger partial charge on any atom is 0.249 e. The number of nitrogens with one attached hydrogen (secondary N) is 1. The lowest BCUT2D eigenvalue weighted by atomic mass is 10.2. The van der Waals surface area contributed by atoms with Crippen molar-refractivity contribution in [1.29, 1.82) is 0 Å². The highest BCUT2D eigenvalue weighted by Gasteiger charge is 2.13. The van der Waals surface area contributed by atoms with Crippen LogP contribution in [0.2, 0.25) is 10.0 Å². The van der Waals surface area contributed by atoms with Crippen molar-refractivity contribution in [1.82, 2.24) is 15.5 Å². The first-order valence-corrected chi connectivity index (χ1v) is 5.39. The van der Waals surface area contributed by atoms with Gasteiger partial charge in [-0.05, 0) is 19.2 Å². The molecule has 0 aliphatic carbocycles. The highest BCUT2D eigenvalue weighted by atomic mass is 35.5. The molecule has 84 valence electrons. The minimum atomic E-state index is 0.373. The zero-order valence-corrected chi connectivity index (χ0v) is 10.0. The van der Waals surface area contributed by atoms with E-state index in [0.717, 1.165) is 0 Å². The number of hydrogen-bond donors (Lipinski definition) is 1. The van der Waals surface area contributed by atoms with Gasteiger partial charge in [0.2, 0.25) is 11.8 Å². The second kappa shape index (κ2) is 4.82. The molecule has 16 heavy (non-hydrogen) atoms. The third-order valence-electron chi connectivity index (χ3n) is 1.98. The molecule has 1 N–H and O–H groups in total. The first-order chi connectivity index (χ1) is 7.72. The van der Waals surface area contributed by atoms with E-state index < -0.39 is 0 Å². The van der Waals surface area contributed by atoms with E-state index >= 15 is 0 Å². The quantitative estimate of drug-likeness (QED) is 0.919. The molecule has 0 aliphatic rings. The molecule has 2 rings (SSSR count). The van der Waals surface area contributed by atoms with Crippen LogP contribution in [0.1, 0.15) is 5.89 Å². The summed E-state index contributed by atoms with van der Waals surface area (Å²) in [7, 11) is 1.80. The summed E-state index contributed by atoms with van der Waals surface area (Å²) in [5.74, 6) is 0.881. The standard InChI is InChI=1S/C10H9Cl2N3O/c1-13-5-8-14-15-10(16-8)6-3-2-4-7(11)9(6)12/h2-4,13H,5H2,1H3. The van der Waals surface area contributed by atoms with Gasteiger partial charge in [0.1, 0.15) is 0 Å². The monoisotopic (exact) mass is 257 g/mol. The Kier molecular flexibility index (Phi) is 3.43. The van der Waals surface area contributed by atoms with E-state index in [1.54, 1.807) is 25.2 Å². The third-order valence-corrected chi connectivity index (χ3v) is 2.80. The normalized spacial score (nSPS) is 10.7. The van der Waals surface area contributed by atoms with E-state index in [0.29, 0.717) is 33.9 Å². The van der Waals surface area contributed by atoms with Crippen LogP contribution in [0.15, 0.2) is 22.6 Å². The van der Waals surface area contributed by atoms with Crippen molar-refractivity contribution in [2.75, 3.05) is 7.05 Å². The summed E-state index contributed by atoms with van der Waals surface area (Å²) in [5, 5.41) is 11.6. The molecule has 6 heteroatoms. The van der Waals surface area contributed by atoms with Crippen LogP contribution in [0.4, 0.5) is 0 Å². The fraction of sp³-hybridized carbons (Fsp3) is 0.200. The smallest absolute Gasteiger partial charge is 0.249 e. The first kappa shape index (κ1) is 11.4. The zero-order chi connectivity index (χ0) is 11.5. The second-order valence-electron chi connectivity index (χ2n) is 3.13. The second-order valence-corrected chi connectivity index (χ2v) is 3.92. The molecular weight excluding hydrogens is 249 g/mol. The van der Waals surface area contributed by atoms with Gasteiger partial charge in [-0.3, -0.25) is 0 Å². The molecule has 1 aromatic heterocycles. The molecule has 0 atom stereocenters. The molecule has 0 saturated carbocycles. The van der Waals surface area contributed by atoms with E-state index in [1.807, 2.05) is 0 Å². The Morgan fingerprint density at radius 1 is 1.31 bits per heavy atom. The SMILES string of the molecule is CNCc1nnc(-c2cccc(Cl)c2Cl)o1. The highest BCUT2D eigenvalue weighted by Crippen LogP contribution is 2.32. The molecule has 0 saturated heterocycles. The molecule has 0 unspecified atom stereocenters. The molecule has 0 bridgehead atoms. The summed E-state index contributed by atoms with van der Waals surface area (Å²) < 4.78 is 5.42.